The molecule has 1 unspecified atom stereocenters. The van der Waals surface area contributed by atoms with Gasteiger partial charge < -0.3 is 14.1 Å². The number of carbonyl (C=O) groups excluding carboxylic acids is 1. The van der Waals surface area contributed by atoms with Crippen molar-refractivity contribution in [1.29, 1.82) is 0 Å². The number of sulfone groups is 1. The van der Waals surface area contributed by atoms with Crippen molar-refractivity contribution in [1.82, 2.24) is 4.90 Å². The van der Waals surface area contributed by atoms with Gasteiger partial charge in [-0.2, -0.15) is 0 Å². The highest BCUT2D eigenvalue weighted by Gasteiger charge is 2.28. The van der Waals surface area contributed by atoms with Crippen molar-refractivity contribution >= 4 is 15.7 Å². The first-order valence-electron chi connectivity index (χ1n) is 10.4. The molecular weight excluding hydrogens is 433 g/mol. The van der Waals surface area contributed by atoms with Gasteiger partial charge in [0.05, 0.1) is 11.0 Å². The molecule has 2 aromatic carbocycles. The molecule has 0 radical (unpaired) electrons. The number of amides is 1. The molecule has 1 aliphatic rings. The van der Waals surface area contributed by atoms with E-state index in [1.807, 2.05) is 6.92 Å². The van der Waals surface area contributed by atoms with E-state index in [0.717, 1.165) is 18.4 Å². The third-order valence-corrected chi connectivity index (χ3v) is 7.03. The third kappa shape index (κ3) is 4.92. The first kappa shape index (κ1) is 22.2. The van der Waals surface area contributed by atoms with Gasteiger partial charge in [-0.3, -0.25) is 4.79 Å². The first-order valence-corrected chi connectivity index (χ1v) is 11.9. The van der Waals surface area contributed by atoms with E-state index in [-0.39, 0.29) is 28.4 Å². The largest absolute Gasteiger partial charge is 0.439 e. The molecule has 2 heterocycles. The molecule has 168 valence electrons. The lowest BCUT2D eigenvalue weighted by atomic mass is 10.1. The topological polar surface area (TPSA) is 76.8 Å². The quantitative estimate of drug-likeness (QED) is 0.526. The lowest BCUT2D eigenvalue weighted by molar-refractivity contribution is 0.0479. The average molecular weight is 458 g/mol. The van der Waals surface area contributed by atoms with E-state index < -0.39 is 21.6 Å². The Balaban J connectivity index is 1.59. The van der Waals surface area contributed by atoms with Gasteiger partial charge in [-0.15, -0.1) is 0 Å². The number of aryl methyl sites for hydroxylation is 1. The summed E-state index contributed by atoms with van der Waals surface area (Å²) < 4.78 is 50.6. The number of hydrogen-bond acceptors (Lipinski definition) is 5. The van der Waals surface area contributed by atoms with Gasteiger partial charge in [-0.05, 0) is 61.7 Å². The molecule has 0 aliphatic carbocycles. The summed E-state index contributed by atoms with van der Waals surface area (Å²) in [5, 5.41) is -0.299. The number of halogens is 1. The van der Waals surface area contributed by atoms with Crippen LogP contribution in [0.2, 0.25) is 0 Å². The molecule has 0 saturated carbocycles. The molecule has 8 heteroatoms. The van der Waals surface area contributed by atoms with Gasteiger partial charge in [0, 0.05) is 19.7 Å². The Morgan fingerprint density at radius 3 is 2.59 bits per heavy atom. The Labute approximate surface area is 186 Å². The van der Waals surface area contributed by atoms with E-state index in [4.69, 9.17) is 9.15 Å². The van der Waals surface area contributed by atoms with Crippen LogP contribution in [0.1, 0.15) is 34.5 Å². The summed E-state index contributed by atoms with van der Waals surface area (Å²) in [7, 11) is -3.89. The van der Waals surface area contributed by atoms with Crippen LogP contribution in [-0.2, 0) is 21.1 Å². The maximum Gasteiger partial charge on any atom is 0.290 e. The summed E-state index contributed by atoms with van der Waals surface area (Å²) in [6, 6.07) is 15.1. The zero-order valence-corrected chi connectivity index (χ0v) is 18.5. The van der Waals surface area contributed by atoms with E-state index in [0.29, 0.717) is 18.7 Å². The second-order valence-corrected chi connectivity index (χ2v) is 9.77. The fraction of sp³-hybridized carbons (Fsp3) is 0.292. The second kappa shape index (κ2) is 9.26. The number of furan rings is 1. The molecule has 1 aromatic heterocycles. The predicted octanol–water partition coefficient (Wildman–Crippen LogP) is 4.38. The van der Waals surface area contributed by atoms with Crippen LogP contribution in [0.25, 0.3) is 0 Å². The highest BCUT2D eigenvalue weighted by atomic mass is 32.2. The fourth-order valence-electron chi connectivity index (χ4n) is 3.68. The van der Waals surface area contributed by atoms with Crippen molar-refractivity contribution < 1.29 is 26.8 Å². The SMILES string of the molecule is Cc1ccc(S(=O)(=O)c2ccc(C(=O)N(Cc3cccc(F)c3)CC3CCCO3)o2)cc1. The molecule has 0 N–H and O–H groups in total. The molecule has 1 saturated heterocycles. The number of ether oxygens (including phenoxy) is 1. The molecule has 1 atom stereocenters. The van der Waals surface area contributed by atoms with E-state index in [9.17, 15) is 17.6 Å². The lowest BCUT2D eigenvalue weighted by Crippen LogP contribution is -2.36. The number of rotatable bonds is 7. The van der Waals surface area contributed by atoms with Gasteiger partial charge in [0.25, 0.3) is 5.91 Å². The van der Waals surface area contributed by atoms with E-state index in [1.165, 1.54) is 41.3 Å². The summed E-state index contributed by atoms with van der Waals surface area (Å²) in [5.41, 5.74) is 1.55. The summed E-state index contributed by atoms with van der Waals surface area (Å²) in [6.45, 7) is 2.95. The summed E-state index contributed by atoms with van der Waals surface area (Å²) in [5.74, 6) is -0.961. The van der Waals surface area contributed by atoms with Crippen LogP contribution < -0.4 is 0 Å². The van der Waals surface area contributed by atoms with Crippen LogP contribution in [0.5, 0.6) is 0 Å². The first-order chi connectivity index (χ1) is 15.3. The van der Waals surface area contributed by atoms with Crippen molar-refractivity contribution in [2.45, 2.75) is 42.4 Å². The standard InChI is InChI=1S/C24H24FNO5S/c1-17-7-9-21(10-8-17)32(28,29)23-12-11-22(31-23)24(27)26(16-20-6-3-13-30-20)15-18-4-2-5-19(25)14-18/h2,4-5,7-12,14,20H,3,6,13,15-16H2,1H3. The normalized spacial score (nSPS) is 16.2. The predicted molar refractivity (Wildman–Crippen MR) is 115 cm³/mol. The summed E-state index contributed by atoms with van der Waals surface area (Å²) in [4.78, 5) is 14.8. The van der Waals surface area contributed by atoms with Crippen molar-refractivity contribution in [2.75, 3.05) is 13.2 Å². The van der Waals surface area contributed by atoms with Crippen molar-refractivity contribution in [3.63, 3.8) is 0 Å². The van der Waals surface area contributed by atoms with Crippen molar-refractivity contribution in [3.8, 4) is 0 Å². The van der Waals surface area contributed by atoms with Crippen LogP contribution in [0.3, 0.4) is 0 Å². The maximum absolute atomic E-state index is 13.7. The Morgan fingerprint density at radius 2 is 1.91 bits per heavy atom. The minimum Gasteiger partial charge on any atom is -0.439 e. The minimum atomic E-state index is -3.89. The summed E-state index contributed by atoms with van der Waals surface area (Å²) in [6.07, 6.45) is 1.60. The van der Waals surface area contributed by atoms with Crippen LogP contribution in [-0.4, -0.2) is 38.5 Å². The fourth-order valence-corrected chi connectivity index (χ4v) is 4.85. The summed E-state index contributed by atoms with van der Waals surface area (Å²) >= 11 is 0. The number of nitrogens with zero attached hydrogens (tertiary/aromatic N) is 1. The minimum absolute atomic E-state index is 0.0902. The van der Waals surface area contributed by atoms with E-state index in [1.54, 1.807) is 24.3 Å². The van der Waals surface area contributed by atoms with Crippen LogP contribution in [0, 0.1) is 12.7 Å². The Bertz CT molecular complexity index is 1200. The zero-order chi connectivity index (χ0) is 22.7. The van der Waals surface area contributed by atoms with Crippen LogP contribution in [0.4, 0.5) is 4.39 Å². The molecule has 1 fully saturated rings. The molecule has 6 nitrogen and oxygen atoms in total. The van der Waals surface area contributed by atoms with Gasteiger partial charge >= 0.3 is 0 Å². The number of carbonyl (C=O) groups is 1. The lowest BCUT2D eigenvalue weighted by Gasteiger charge is -2.24. The Kier molecular flexibility index (Phi) is 6.43. The van der Waals surface area contributed by atoms with Crippen molar-refractivity contribution in [2.24, 2.45) is 0 Å². The van der Waals surface area contributed by atoms with Gasteiger partial charge in [-0.1, -0.05) is 29.8 Å². The average Bonchev–Trinajstić information content (AvgIpc) is 3.46. The van der Waals surface area contributed by atoms with Gasteiger partial charge in [0.15, 0.2) is 5.76 Å². The van der Waals surface area contributed by atoms with Crippen LogP contribution >= 0.6 is 0 Å². The van der Waals surface area contributed by atoms with E-state index >= 15 is 0 Å². The highest BCUT2D eigenvalue weighted by molar-refractivity contribution is 7.91. The number of hydrogen-bond donors (Lipinski definition) is 0. The Hall–Kier alpha value is -2.97. The van der Waals surface area contributed by atoms with Crippen molar-refractivity contribution in [3.05, 3.63) is 83.4 Å². The maximum atomic E-state index is 13.7. The molecular formula is C24H24FNO5S. The molecule has 1 amide bonds. The molecule has 32 heavy (non-hydrogen) atoms. The molecule has 4 rings (SSSR count). The van der Waals surface area contributed by atoms with Gasteiger partial charge in [0.2, 0.25) is 14.9 Å². The van der Waals surface area contributed by atoms with Gasteiger partial charge in [0.1, 0.15) is 5.82 Å². The highest BCUT2D eigenvalue weighted by Crippen LogP contribution is 2.25. The van der Waals surface area contributed by atoms with Crippen LogP contribution in [0.15, 0.2) is 75.1 Å². The van der Waals surface area contributed by atoms with E-state index in [2.05, 4.69) is 0 Å². The molecule has 1 aliphatic heterocycles. The molecule has 0 bridgehead atoms. The smallest absolute Gasteiger partial charge is 0.290 e. The third-order valence-electron chi connectivity index (χ3n) is 5.39. The number of benzene rings is 2. The molecule has 3 aromatic rings. The Morgan fingerprint density at radius 1 is 1.12 bits per heavy atom. The monoisotopic (exact) mass is 457 g/mol. The molecule has 0 spiro atoms. The second-order valence-electron chi connectivity index (χ2n) is 7.89. The van der Waals surface area contributed by atoms with Gasteiger partial charge in [-0.25, -0.2) is 12.8 Å². The zero-order valence-electron chi connectivity index (χ0n) is 17.7.